The fourth-order valence-electron chi connectivity index (χ4n) is 2.28. The summed E-state index contributed by atoms with van der Waals surface area (Å²) in [7, 11) is 0. The van der Waals surface area contributed by atoms with Gasteiger partial charge in [0.15, 0.2) is 5.82 Å². The van der Waals surface area contributed by atoms with E-state index in [-0.39, 0.29) is 10.8 Å². The highest BCUT2D eigenvalue weighted by atomic mass is 35.5. The van der Waals surface area contributed by atoms with E-state index >= 15 is 0 Å². The van der Waals surface area contributed by atoms with Gasteiger partial charge in [0.2, 0.25) is 0 Å². The predicted octanol–water partition coefficient (Wildman–Crippen LogP) is 3.52. The molecule has 2 aromatic heterocycles. The Labute approximate surface area is 143 Å². The first kappa shape index (κ1) is 16.6. The van der Waals surface area contributed by atoms with Crippen LogP contribution >= 0.6 is 11.6 Å². The topological polar surface area (TPSA) is 75.9 Å². The first-order chi connectivity index (χ1) is 11.3. The van der Waals surface area contributed by atoms with Gasteiger partial charge in [-0.1, -0.05) is 11.6 Å². The lowest BCUT2D eigenvalue weighted by Gasteiger charge is -2.17. The fraction of sp³-hybridized carbons (Fsp3) is 0.312. The van der Waals surface area contributed by atoms with Crippen LogP contribution in [-0.4, -0.2) is 30.5 Å². The van der Waals surface area contributed by atoms with Crippen LogP contribution in [-0.2, 0) is 6.54 Å². The normalized spacial score (nSPS) is 11.9. The van der Waals surface area contributed by atoms with E-state index in [9.17, 15) is 9.50 Å². The summed E-state index contributed by atoms with van der Waals surface area (Å²) in [5.74, 6) is 0.200. The summed E-state index contributed by atoms with van der Waals surface area (Å²) in [5, 5.41) is 18.4. The van der Waals surface area contributed by atoms with Crippen molar-refractivity contribution in [2.45, 2.75) is 32.4 Å². The van der Waals surface area contributed by atoms with Crippen LogP contribution in [0.5, 0.6) is 0 Å². The van der Waals surface area contributed by atoms with E-state index in [1.807, 2.05) is 22.9 Å². The molecule has 3 rings (SSSR count). The van der Waals surface area contributed by atoms with Crippen LogP contribution in [0, 0.1) is 6.08 Å². The zero-order chi connectivity index (χ0) is 17.3. The zero-order valence-electron chi connectivity index (χ0n) is 13.3. The molecule has 6 nitrogen and oxygen atoms in total. The third kappa shape index (κ3) is 3.80. The molecule has 0 aliphatic heterocycles. The van der Waals surface area contributed by atoms with E-state index in [2.05, 4.69) is 20.4 Å². The first-order valence-electron chi connectivity index (χ1n) is 7.45. The monoisotopic (exact) mass is 349 g/mol. The van der Waals surface area contributed by atoms with E-state index in [1.54, 1.807) is 20.0 Å². The minimum atomic E-state index is -0.849. The Morgan fingerprint density at radius 1 is 1.33 bits per heavy atom. The molecule has 0 radical (unpaired) electrons. The van der Waals surface area contributed by atoms with Gasteiger partial charge in [-0.05, 0) is 38.5 Å². The number of rotatable bonds is 5. The van der Waals surface area contributed by atoms with Gasteiger partial charge >= 0.3 is 6.08 Å². The fourth-order valence-corrected chi connectivity index (χ4v) is 2.41. The largest absolute Gasteiger partial charge is 0.390 e. The molecule has 24 heavy (non-hydrogen) atoms. The van der Waals surface area contributed by atoms with Gasteiger partial charge in [-0.3, -0.25) is 4.68 Å². The van der Waals surface area contributed by atoms with Gasteiger partial charge in [0.1, 0.15) is 5.02 Å². The van der Waals surface area contributed by atoms with Gasteiger partial charge in [0.25, 0.3) is 0 Å². The molecule has 8 heteroatoms. The second kappa shape index (κ2) is 6.33. The maximum atomic E-state index is 13.2. The Bertz CT molecular complexity index is 875. The summed E-state index contributed by atoms with van der Waals surface area (Å²) in [6.45, 7) is 4.11. The van der Waals surface area contributed by atoms with Gasteiger partial charge < -0.3 is 10.4 Å². The maximum absolute atomic E-state index is 13.2. The van der Waals surface area contributed by atoms with E-state index < -0.39 is 11.7 Å². The number of hydrogen-bond acceptors (Lipinski definition) is 5. The zero-order valence-corrected chi connectivity index (χ0v) is 14.0. The highest BCUT2D eigenvalue weighted by Gasteiger charge is 2.14. The summed E-state index contributed by atoms with van der Waals surface area (Å²) in [6.07, 6.45) is 2.70. The van der Waals surface area contributed by atoms with Crippen molar-refractivity contribution in [3.8, 4) is 0 Å². The molecular weight excluding hydrogens is 333 g/mol. The number of anilines is 2. The van der Waals surface area contributed by atoms with Crippen LogP contribution in [0.25, 0.3) is 10.9 Å². The molecule has 2 N–H and O–H groups in total. The Kier molecular flexibility index (Phi) is 4.38. The summed E-state index contributed by atoms with van der Waals surface area (Å²) in [6, 6.07) is 5.61. The molecule has 0 bridgehead atoms. The van der Waals surface area contributed by atoms with Crippen LogP contribution < -0.4 is 5.32 Å². The lowest BCUT2D eigenvalue weighted by molar-refractivity contribution is 0.0655. The quantitative estimate of drug-likeness (QED) is 0.689. The molecule has 1 aromatic carbocycles. The van der Waals surface area contributed by atoms with Gasteiger partial charge in [0.05, 0.1) is 23.5 Å². The predicted molar refractivity (Wildman–Crippen MR) is 90.9 cm³/mol. The minimum Gasteiger partial charge on any atom is -0.390 e. The van der Waals surface area contributed by atoms with Gasteiger partial charge in [-0.25, -0.2) is 4.98 Å². The average Bonchev–Trinajstić information content (AvgIpc) is 2.91. The van der Waals surface area contributed by atoms with Gasteiger partial charge in [0, 0.05) is 17.6 Å². The van der Waals surface area contributed by atoms with Crippen molar-refractivity contribution in [2.75, 3.05) is 5.32 Å². The van der Waals surface area contributed by atoms with Crippen LogP contribution in [0.3, 0.4) is 0 Å². The SMILES string of the molecule is CC(C)(O)CCn1ncc2ccc(Nc3nc(F)ncc3Cl)cc21. The number of nitrogens with zero attached hydrogens (tertiary/aromatic N) is 4. The molecule has 0 amide bonds. The second-order valence-corrected chi connectivity index (χ2v) is 6.57. The van der Waals surface area contributed by atoms with Crippen molar-refractivity contribution in [2.24, 2.45) is 0 Å². The first-order valence-corrected chi connectivity index (χ1v) is 7.83. The molecular formula is C16H17ClFN5O. The number of benzene rings is 1. The Hall–Kier alpha value is -2.25. The van der Waals surface area contributed by atoms with Crippen molar-refractivity contribution < 1.29 is 9.50 Å². The highest BCUT2D eigenvalue weighted by molar-refractivity contribution is 6.32. The van der Waals surface area contributed by atoms with Gasteiger partial charge in [-0.2, -0.15) is 14.5 Å². The van der Waals surface area contributed by atoms with Gasteiger partial charge in [-0.15, -0.1) is 0 Å². The van der Waals surface area contributed by atoms with E-state index in [0.29, 0.717) is 18.7 Å². The number of aliphatic hydroxyl groups is 1. The molecule has 0 atom stereocenters. The van der Waals surface area contributed by atoms with Crippen molar-refractivity contribution in [3.63, 3.8) is 0 Å². The minimum absolute atomic E-state index is 0.200. The van der Waals surface area contributed by atoms with E-state index in [0.717, 1.165) is 10.9 Å². The lowest BCUT2D eigenvalue weighted by atomic mass is 10.1. The molecule has 0 spiro atoms. The maximum Gasteiger partial charge on any atom is 0.310 e. The third-order valence-electron chi connectivity index (χ3n) is 3.56. The van der Waals surface area contributed by atoms with Crippen molar-refractivity contribution in [1.82, 2.24) is 19.7 Å². The van der Waals surface area contributed by atoms with Crippen LogP contribution in [0.2, 0.25) is 5.02 Å². The van der Waals surface area contributed by atoms with Crippen molar-refractivity contribution >= 4 is 34.0 Å². The smallest absolute Gasteiger partial charge is 0.310 e. The van der Waals surface area contributed by atoms with E-state index in [4.69, 9.17) is 11.6 Å². The number of halogens is 2. The molecule has 0 fully saturated rings. The second-order valence-electron chi connectivity index (χ2n) is 6.16. The highest BCUT2D eigenvalue weighted by Crippen LogP contribution is 2.25. The molecule has 3 aromatic rings. The lowest BCUT2D eigenvalue weighted by Crippen LogP contribution is -2.21. The molecule has 0 saturated heterocycles. The summed E-state index contributed by atoms with van der Waals surface area (Å²) < 4.78 is 15.0. The molecule has 0 aliphatic carbocycles. The van der Waals surface area contributed by atoms with Crippen molar-refractivity contribution in [3.05, 3.63) is 41.7 Å². The Morgan fingerprint density at radius 3 is 2.88 bits per heavy atom. The van der Waals surface area contributed by atoms with Crippen LogP contribution in [0.4, 0.5) is 15.9 Å². The number of nitrogens with one attached hydrogen (secondary N) is 1. The number of aromatic nitrogens is 4. The Balaban J connectivity index is 1.88. The Morgan fingerprint density at radius 2 is 2.12 bits per heavy atom. The summed E-state index contributed by atoms with van der Waals surface area (Å²) in [4.78, 5) is 7.05. The van der Waals surface area contributed by atoms with Crippen LogP contribution in [0.15, 0.2) is 30.6 Å². The molecule has 0 unspecified atom stereocenters. The molecule has 126 valence electrons. The van der Waals surface area contributed by atoms with Crippen molar-refractivity contribution in [1.29, 1.82) is 0 Å². The summed E-state index contributed by atoms with van der Waals surface area (Å²) in [5.41, 5.74) is 0.836. The summed E-state index contributed by atoms with van der Waals surface area (Å²) >= 11 is 5.97. The van der Waals surface area contributed by atoms with Crippen LogP contribution in [0.1, 0.15) is 20.3 Å². The number of hydrogen-bond donors (Lipinski definition) is 2. The standard InChI is InChI=1S/C16H17ClFN5O/c1-16(2,24)5-6-23-13-7-11(4-3-10(13)8-20-23)21-14-12(17)9-19-15(18)22-14/h3-4,7-9,24H,5-6H2,1-2H3,(H,19,21,22). The number of aryl methyl sites for hydroxylation is 1. The van der Waals surface area contributed by atoms with E-state index in [1.165, 1.54) is 6.20 Å². The third-order valence-corrected chi connectivity index (χ3v) is 3.83. The molecule has 0 aliphatic rings. The molecule has 0 saturated carbocycles. The number of fused-ring (bicyclic) bond motifs is 1. The average molecular weight is 350 g/mol. The molecule has 2 heterocycles.